The Balaban J connectivity index is 2.96. The minimum atomic E-state index is -0.861. The Kier molecular flexibility index (Phi) is 6.59. The van der Waals surface area contributed by atoms with Crippen LogP contribution in [0.4, 0.5) is 4.79 Å². The number of hydrogen-bond acceptors (Lipinski definition) is 5. The summed E-state index contributed by atoms with van der Waals surface area (Å²) in [5.74, 6) is -1.63. The van der Waals surface area contributed by atoms with Crippen molar-refractivity contribution < 1.29 is 23.9 Å². The molecule has 0 saturated carbocycles. The van der Waals surface area contributed by atoms with E-state index in [9.17, 15) is 14.4 Å². The molecule has 6 nitrogen and oxygen atoms in total. The van der Waals surface area contributed by atoms with Gasteiger partial charge in [0.2, 0.25) is 5.78 Å². The first-order chi connectivity index (χ1) is 10.6. The van der Waals surface area contributed by atoms with Crippen molar-refractivity contribution in [1.82, 2.24) is 4.90 Å². The summed E-state index contributed by atoms with van der Waals surface area (Å²) in [5, 5.41) is 0. The van der Waals surface area contributed by atoms with Crippen LogP contribution in [0.3, 0.4) is 0 Å². The van der Waals surface area contributed by atoms with E-state index in [1.165, 1.54) is 7.11 Å². The quantitative estimate of drug-likeness (QED) is 0.586. The molecule has 0 aromatic heterocycles. The summed E-state index contributed by atoms with van der Waals surface area (Å²) >= 11 is 0. The molecule has 1 heterocycles. The Morgan fingerprint density at radius 3 is 2.35 bits per heavy atom. The zero-order valence-corrected chi connectivity index (χ0v) is 15.0. The summed E-state index contributed by atoms with van der Waals surface area (Å²) in [6.45, 7) is 9.74. The Morgan fingerprint density at radius 1 is 1.26 bits per heavy atom. The maximum absolute atomic E-state index is 12.5. The smallest absolute Gasteiger partial charge is 0.410 e. The average molecular weight is 327 g/mol. The minimum absolute atomic E-state index is 0.338. The molecule has 0 aromatic rings. The van der Waals surface area contributed by atoms with E-state index in [1.54, 1.807) is 11.8 Å². The molecule has 6 heteroatoms. The van der Waals surface area contributed by atoms with E-state index in [0.717, 1.165) is 12.8 Å². The van der Waals surface area contributed by atoms with E-state index in [-0.39, 0.29) is 6.04 Å². The molecule has 0 radical (unpaired) electrons. The molecule has 1 amide bonds. The van der Waals surface area contributed by atoms with Gasteiger partial charge in [0.05, 0.1) is 7.11 Å². The van der Waals surface area contributed by atoms with E-state index >= 15 is 0 Å². The average Bonchev–Trinajstić information content (AvgIpc) is 2.50. The van der Waals surface area contributed by atoms with E-state index in [0.29, 0.717) is 18.9 Å². The van der Waals surface area contributed by atoms with Crippen molar-refractivity contribution >= 4 is 17.8 Å². The summed E-state index contributed by atoms with van der Waals surface area (Å²) in [6, 6.07) is -0.338. The van der Waals surface area contributed by atoms with Crippen LogP contribution in [0.25, 0.3) is 0 Å². The largest absolute Gasteiger partial charge is 0.463 e. The summed E-state index contributed by atoms with van der Waals surface area (Å²) in [6.07, 6.45) is 2.13. The van der Waals surface area contributed by atoms with Gasteiger partial charge < -0.3 is 14.4 Å². The molecule has 1 aliphatic rings. The molecule has 3 unspecified atom stereocenters. The van der Waals surface area contributed by atoms with Gasteiger partial charge in [-0.15, -0.1) is 0 Å². The highest BCUT2D eigenvalue weighted by Gasteiger charge is 2.40. The third kappa shape index (κ3) is 5.22. The molecule has 1 saturated heterocycles. The summed E-state index contributed by atoms with van der Waals surface area (Å²) in [7, 11) is 1.19. The predicted octanol–water partition coefficient (Wildman–Crippen LogP) is 2.79. The van der Waals surface area contributed by atoms with E-state index in [2.05, 4.69) is 11.7 Å². The number of ketones is 1. The van der Waals surface area contributed by atoms with Crippen LogP contribution in [0.1, 0.15) is 53.9 Å². The molecule has 3 atom stereocenters. The number of Topliss-reactive ketones (excluding diaryl/α,β-unsaturated/α-hetero) is 1. The van der Waals surface area contributed by atoms with Crippen molar-refractivity contribution in [3.05, 3.63) is 0 Å². The number of ether oxygens (including phenoxy) is 2. The molecule has 1 aliphatic heterocycles. The lowest BCUT2D eigenvalue weighted by Crippen LogP contribution is -2.52. The van der Waals surface area contributed by atoms with Crippen molar-refractivity contribution in [2.75, 3.05) is 13.7 Å². The van der Waals surface area contributed by atoms with Crippen LogP contribution in [0.5, 0.6) is 0 Å². The van der Waals surface area contributed by atoms with Crippen LogP contribution < -0.4 is 0 Å². The molecule has 23 heavy (non-hydrogen) atoms. The molecule has 0 N–H and O–H groups in total. The Hall–Kier alpha value is -1.59. The lowest BCUT2D eigenvalue weighted by atomic mass is 9.82. The number of amides is 1. The fraction of sp³-hybridized carbons (Fsp3) is 0.824. The molecule has 0 bridgehead atoms. The Morgan fingerprint density at radius 2 is 1.87 bits per heavy atom. The van der Waals surface area contributed by atoms with Gasteiger partial charge in [0, 0.05) is 18.5 Å². The molecular formula is C17H29NO5. The van der Waals surface area contributed by atoms with Crippen molar-refractivity contribution in [3.63, 3.8) is 0 Å². The second-order valence-electron chi connectivity index (χ2n) is 7.18. The van der Waals surface area contributed by atoms with Crippen LogP contribution in [0.15, 0.2) is 0 Å². The van der Waals surface area contributed by atoms with Crippen LogP contribution in [0.2, 0.25) is 0 Å². The SMILES string of the molecule is CCC1CCN(C(=O)OC(C)(C)C)C(C(C)C(=O)C(=O)OC)C1. The fourth-order valence-electron chi connectivity index (χ4n) is 2.93. The van der Waals surface area contributed by atoms with Gasteiger partial charge in [-0.1, -0.05) is 20.3 Å². The van der Waals surface area contributed by atoms with Gasteiger partial charge in [-0.05, 0) is 39.5 Å². The second kappa shape index (κ2) is 7.79. The molecule has 0 aromatic carbocycles. The van der Waals surface area contributed by atoms with Crippen LogP contribution in [-0.2, 0) is 19.1 Å². The molecule has 0 aliphatic carbocycles. The highest BCUT2D eigenvalue weighted by Crippen LogP contribution is 2.31. The zero-order chi connectivity index (χ0) is 17.8. The number of esters is 1. The highest BCUT2D eigenvalue weighted by molar-refractivity contribution is 6.34. The lowest BCUT2D eigenvalue weighted by Gasteiger charge is -2.41. The third-order valence-corrected chi connectivity index (χ3v) is 4.34. The number of nitrogens with zero attached hydrogens (tertiary/aromatic N) is 1. The van der Waals surface area contributed by atoms with Gasteiger partial charge in [-0.2, -0.15) is 0 Å². The van der Waals surface area contributed by atoms with Crippen molar-refractivity contribution in [3.8, 4) is 0 Å². The number of rotatable bonds is 4. The van der Waals surface area contributed by atoms with Crippen LogP contribution in [0, 0.1) is 11.8 Å². The van der Waals surface area contributed by atoms with Gasteiger partial charge in [0.15, 0.2) is 0 Å². The maximum Gasteiger partial charge on any atom is 0.410 e. The first kappa shape index (κ1) is 19.5. The van der Waals surface area contributed by atoms with Gasteiger partial charge in [0.1, 0.15) is 5.60 Å². The monoisotopic (exact) mass is 327 g/mol. The summed E-state index contributed by atoms with van der Waals surface area (Å²) < 4.78 is 9.98. The summed E-state index contributed by atoms with van der Waals surface area (Å²) in [4.78, 5) is 37.8. The van der Waals surface area contributed by atoms with Crippen molar-refractivity contribution in [2.24, 2.45) is 11.8 Å². The normalized spacial score (nSPS) is 23.1. The van der Waals surface area contributed by atoms with E-state index in [4.69, 9.17) is 4.74 Å². The first-order valence-electron chi connectivity index (χ1n) is 8.22. The number of likely N-dealkylation sites (tertiary alicyclic amines) is 1. The van der Waals surface area contributed by atoms with E-state index < -0.39 is 29.4 Å². The standard InChI is InChI=1S/C17H29NO5/c1-7-12-8-9-18(16(21)23-17(3,4)5)13(10-12)11(2)14(19)15(20)22-6/h11-13H,7-10H2,1-6H3. The molecule has 132 valence electrons. The van der Waals surface area contributed by atoms with Gasteiger partial charge in [-0.25, -0.2) is 9.59 Å². The Bertz CT molecular complexity index is 454. The zero-order valence-electron chi connectivity index (χ0n) is 15.0. The number of piperidine rings is 1. The van der Waals surface area contributed by atoms with Gasteiger partial charge >= 0.3 is 12.1 Å². The first-order valence-corrected chi connectivity index (χ1v) is 8.22. The maximum atomic E-state index is 12.5. The predicted molar refractivity (Wildman–Crippen MR) is 85.9 cm³/mol. The van der Waals surface area contributed by atoms with E-state index in [1.807, 2.05) is 20.8 Å². The number of carbonyl (C=O) groups is 3. The molecule has 1 rings (SSSR count). The van der Waals surface area contributed by atoms with Crippen LogP contribution in [-0.4, -0.2) is 48.0 Å². The van der Waals surface area contributed by atoms with Crippen molar-refractivity contribution in [1.29, 1.82) is 0 Å². The molecule has 1 fully saturated rings. The number of carbonyl (C=O) groups excluding carboxylic acids is 3. The van der Waals surface area contributed by atoms with Gasteiger partial charge in [0.25, 0.3) is 0 Å². The fourth-order valence-corrected chi connectivity index (χ4v) is 2.93. The topological polar surface area (TPSA) is 72.9 Å². The van der Waals surface area contributed by atoms with Gasteiger partial charge in [-0.3, -0.25) is 4.79 Å². The molecular weight excluding hydrogens is 298 g/mol. The Labute approximate surface area is 138 Å². The summed E-state index contributed by atoms with van der Waals surface area (Å²) in [5.41, 5.74) is -0.598. The molecule has 0 spiro atoms. The minimum Gasteiger partial charge on any atom is -0.463 e. The lowest BCUT2D eigenvalue weighted by molar-refractivity contribution is -0.154. The van der Waals surface area contributed by atoms with Crippen molar-refractivity contribution in [2.45, 2.75) is 65.5 Å². The van der Waals surface area contributed by atoms with Crippen LogP contribution >= 0.6 is 0 Å². The second-order valence-corrected chi connectivity index (χ2v) is 7.18. The highest BCUT2D eigenvalue weighted by atomic mass is 16.6. The third-order valence-electron chi connectivity index (χ3n) is 4.34. The number of methoxy groups -OCH3 is 1. The number of hydrogen-bond donors (Lipinski definition) is 0.